The van der Waals surface area contributed by atoms with E-state index < -0.39 is 23.7 Å². The molecule has 1 aromatic carbocycles. The van der Waals surface area contributed by atoms with Crippen molar-refractivity contribution in [2.75, 3.05) is 6.54 Å². The van der Waals surface area contributed by atoms with E-state index in [1.54, 1.807) is 13.0 Å². The van der Waals surface area contributed by atoms with Gasteiger partial charge in [-0.1, -0.05) is 18.2 Å². The van der Waals surface area contributed by atoms with Gasteiger partial charge in [0.15, 0.2) is 5.76 Å². The standard InChI is InChI=1S/C18H17F3N2O3/c1-11-6-7-26-16(11)17(25)22-13-8-15(24)23(10-13)9-12-4-2-3-5-14(12)18(19,20)21/h2-7,13H,8-10H2,1H3,(H,22,25). The fourth-order valence-corrected chi connectivity index (χ4v) is 3.02. The Morgan fingerprint density at radius 3 is 2.69 bits per heavy atom. The number of carbonyl (C=O) groups is 2. The van der Waals surface area contributed by atoms with Gasteiger partial charge in [0.2, 0.25) is 5.91 Å². The maximum absolute atomic E-state index is 13.1. The summed E-state index contributed by atoms with van der Waals surface area (Å²) in [5, 5.41) is 2.70. The van der Waals surface area contributed by atoms with Gasteiger partial charge in [0.05, 0.1) is 17.9 Å². The lowest BCUT2D eigenvalue weighted by Crippen LogP contribution is -2.37. The number of halogens is 3. The Hall–Kier alpha value is -2.77. The number of nitrogens with one attached hydrogen (secondary N) is 1. The molecule has 8 heteroatoms. The zero-order valence-corrected chi connectivity index (χ0v) is 14.0. The number of furan rings is 1. The molecule has 3 rings (SSSR count). The van der Waals surface area contributed by atoms with Crippen LogP contribution in [0.5, 0.6) is 0 Å². The van der Waals surface area contributed by atoms with Crippen LogP contribution in [0.25, 0.3) is 0 Å². The second kappa shape index (κ2) is 6.86. The molecule has 0 spiro atoms. The molecule has 0 aliphatic carbocycles. The maximum atomic E-state index is 13.1. The first-order chi connectivity index (χ1) is 12.3. The van der Waals surface area contributed by atoms with Crippen LogP contribution in [0.2, 0.25) is 0 Å². The summed E-state index contributed by atoms with van der Waals surface area (Å²) in [6, 6.07) is 6.34. The molecule has 2 amide bonds. The third-order valence-electron chi connectivity index (χ3n) is 4.30. The highest BCUT2D eigenvalue weighted by Crippen LogP contribution is 2.32. The van der Waals surface area contributed by atoms with E-state index in [2.05, 4.69) is 5.32 Å². The lowest BCUT2D eigenvalue weighted by molar-refractivity contribution is -0.139. The molecule has 1 aliphatic heterocycles. The van der Waals surface area contributed by atoms with Crippen LogP contribution in [0.3, 0.4) is 0 Å². The molecule has 2 heterocycles. The fraction of sp³-hybridized carbons (Fsp3) is 0.333. The quantitative estimate of drug-likeness (QED) is 0.904. The van der Waals surface area contributed by atoms with Crippen molar-refractivity contribution in [3.8, 4) is 0 Å². The highest BCUT2D eigenvalue weighted by Gasteiger charge is 2.36. The van der Waals surface area contributed by atoms with Crippen LogP contribution in [-0.2, 0) is 17.5 Å². The minimum Gasteiger partial charge on any atom is -0.459 e. The average molecular weight is 366 g/mol. The van der Waals surface area contributed by atoms with E-state index in [4.69, 9.17) is 4.42 Å². The van der Waals surface area contributed by atoms with Gasteiger partial charge in [-0.3, -0.25) is 9.59 Å². The Balaban J connectivity index is 1.68. The average Bonchev–Trinajstić information content (AvgIpc) is 3.13. The number of aryl methyl sites for hydroxylation is 1. The van der Waals surface area contributed by atoms with Gasteiger partial charge in [-0.2, -0.15) is 13.2 Å². The number of hydrogen-bond donors (Lipinski definition) is 1. The molecule has 2 aromatic rings. The number of rotatable bonds is 4. The van der Waals surface area contributed by atoms with Gasteiger partial charge in [0, 0.05) is 25.1 Å². The zero-order valence-electron chi connectivity index (χ0n) is 14.0. The van der Waals surface area contributed by atoms with Crippen LogP contribution in [0.15, 0.2) is 41.0 Å². The summed E-state index contributed by atoms with van der Waals surface area (Å²) in [4.78, 5) is 25.6. The van der Waals surface area contributed by atoms with Crippen LogP contribution in [-0.4, -0.2) is 29.3 Å². The number of carbonyl (C=O) groups excluding carboxylic acids is 2. The molecule has 138 valence electrons. The predicted octanol–water partition coefficient (Wildman–Crippen LogP) is 3.14. The third kappa shape index (κ3) is 3.74. The van der Waals surface area contributed by atoms with E-state index in [0.717, 1.165) is 6.07 Å². The van der Waals surface area contributed by atoms with Crippen molar-refractivity contribution in [1.82, 2.24) is 10.2 Å². The largest absolute Gasteiger partial charge is 0.459 e. The predicted molar refractivity (Wildman–Crippen MR) is 86.2 cm³/mol. The van der Waals surface area contributed by atoms with Crippen molar-refractivity contribution in [2.45, 2.75) is 32.1 Å². The first kappa shape index (κ1) is 18.0. The molecule has 5 nitrogen and oxygen atoms in total. The highest BCUT2D eigenvalue weighted by atomic mass is 19.4. The van der Waals surface area contributed by atoms with Crippen molar-refractivity contribution < 1.29 is 27.2 Å². The molecule has 0 bridgehead atoms. The van der Waals surface area contributed by atoms with Crippen molar-refractivity contribution in [1.29, 1.82) is 0 Å². The third-order valence-corrected chi connectivity index (χ3v) is 4.30. The summed E-state index contributed by atoms with van der Waals surface area (Å²) in [7, 11) is 0. The Kier molecular flexibility index (Phi) is 4.76. The number of benzene rings is 1. The summed E-state index contributed by atoms with van der Waals surface area (Å²) in [5.41, 5.74) is -0.0588. The Morgan fingerprint density at radius 1 is 1.31 bits per heavy atom. The molecule has 0 radical (unpaired) electrons. The number of nitrogens with zero attached hydrogens (tertiary/aromatic N) is 1. The lowest BCUT2D eigenvalue weighted by atomic mass is 10.1. The number of alkyl halides is 3. The molecule has 1 atom stereocenters. The van der Waals surface area contributed by atoms with Crippen LogP contribution in [0, 0.1) is 6.92 Å². The maximum Gasteiger partial charge on any atom is 0.416 e. The first-order valence-corrected chi connectivity index (χ1v) is 8.03. The highest BCUT2D eigenvalue weighted by molar-refractivity contribution is 5.93. The summed E-state index contributed by atoms with van der Waals surface area (Å²) < 4.78 is 44.4. The summed E-state index contributed by atoms with van der Waals surface area (Å²) >= 11 is 0. The normalized spacial score (nSPS) is 17.6. The van der Waals surface area contributed by atoms with Crippen LogP contribution in [0.1, 0.15) is 33.7 Å². The van der Waals surface area contributed by atoms with Crippen molar-refractivity contribution in [2.24, 2.45) is 0 Å². The van der Waals surface area contributed by atoms with Gasteiger partial charge >= 0.3 is 6.18 Å². The zero-order chi connectivity index (χ0) is 18.9. The number of likely N-dealkylation sites (tertiary alicyclic amines) is 1. The van der Waals surface area contributed by atoms with Gasteiger partial charge < -0.3 is 14.6 Å². The van der Waals surface area contributed by atoms with E-state index in [-0.39, 0.29) is 36.7 Å². The van der Waals surface area contributed by atoms with Gasteiger partial charge in [-0.05, 0) is 24.6 Å². The molecule has 1 unspecified atom stereocenters. The summed E-state index contributed by atoms with van der Waals surface area (Å²) in [6.07, 6.45) is -3.05. The van der Waals surface area contributed by atoms with E-state index in [1.807, 2.05) is 0 Å². The van der Waals surface area contributed by atoms with Crippen molar-refractivity contribution in [3.63, 3.8) is 0 Å². The number of amides is 2. The molecule has 1 fully saturated rings. The smallest absolute Gasteiger partial charge is 0.416 e. The Morgan fingerprint density at radius 2 is 2.04 bits per heavy atom. The Bertz CT molecular complexity index is 829. The number of hydrogen-bond acceptors (Lipinski definition) is 3. The molecule has 1 N–H and O–H groups in total. The Labute approximate surface area is 147 Å². The molecular formula is C18H17F3N2O3. The van der Waals surface area contributed by atoms with E-state index in [0.29, 0.717) is 5.56 Å². The van der Waals surface area contributed by atoms with Gasteiger partial charge in [-0.25, -0.2) is 0 Å². The van der Waals surface area contributed by atoms with E-state index in [9.17, 15) is 22.8 Å². The van der Waals surface area contributed by atoms with Gasteiger partial charge in [0.25, 0.3) is 5.91 Å². The summed E-state index contributed by atoms with van der Waals surface area (Å²) in [6.45, 7) is 1.72. The lowest BCUT2D eigenvalue weighted by Gasteiger charge is -2.20. The van der Waals surface area contributed by atoms with Crippen LogP contribution < -0.4 is 5.32 Å². The van der Waals surface area contributed by atoms with Gasteiger partial charge in [0.1, 0.15) is 0 Å². The topological polar surface area (TPSA) is 62.6 Å². The molecular weight excluding hydrogens is 349 g/mol. The second-order valence-electron chi connectivity index (χ2n) is 6.24. The molecule has 1 saturated heterocycles. The molecule has 1 aromatic heterocycles. The minimum atomic E-state index is -4.48. The van der Waals surface area contributed by atoms with E-state index in [1.165, 1.54) is 29.4 Å². The molecule has 1 aliphatic rings. The second-order valence-corrected chi connectivity index (χ2v) is 6.24. The van der Waals surface area contributed by atoms with E-state index >= 15 is 0 Å². The van der Waals surface area contributed by atoms with Crippen molar-refractivity contribution >= 4 is 11.8 Å². The van der Waals surface area contributed by atoms with Crippen LogP contribution in [0.4, 0.5) is 13.2 Å². The SMILES string of the molecule is Cc1ccoc1C(=O)NC1CC(=O)N(Cc2ccccc2C(F)(F)F)C1. The minimum absolute atomic E-state index is 0.0298. The first-order valence-electron chi connectivity index (χ1n) is 8.03. The molecule has 26 heavy (non-hydrogen) atoms. The summed E-state index contributed by atoms with van der Waals surface area (Å²) in [5.74, 6) is -0.579. The fourth-order valence-electron chi connectivity index (χ4n) is 3.02. The monoisotopic (exact) mass is 366 g/mol. The van der Waals surface area contributed by atoms with Gasteiger partial charge in [-0.15, -0.1) is 0 Å². The molecule has 0 saturated carbocycles. The van der Waals surface area contributed by atoms with Crippen LogP contribution >= 0.6 is 0 Å². The van der Waals surface area contributed by atoms with Crippen molar-refractivity contribution in [3.05, 3.63) is 59.0 Å².